The molecule has 0 bridgehead atoms. The predicted molar refractivity (Wildman–Crippen MR) is 62.9 cm³/mol. The van der Waals surface area contributed by atoms with Crippen LogP contribution in [-0.4, -0.2) is 21.0 Å². The zero-order valence-corrected chi connectivity index (χ0v) is 9.29. The Morgan fingerprint density at radius 1 is 1.44 bits per heavy atom. The summed E-state index contributed by atoms with van der Waals surface area (Å²) in [5, 5.41) is 19.5. The maximum Gasteiger partial charge on any atom is 0.274 e. The lowest BCUT2D eigenvalue weighted by Gasteiger charge is -2.04. The third-order valence-corrected chi connectivity index (χ3v) is 2.39. The van der Waals surface area contributed by atoms with Gasteiger partial charge in [0.2, 0.25) is 0 Å². The molecule has 92 valence electrons. The summed E-state index contributed by atoms with van der Waals surface area (Å²) in [7, 11) is 0. The van der Waals surface area contributed by atoms with Gasteiger partial charge in [-0.15, -0.1) is 0 Å². The van der Waals surface area contributed by atoms with Crippen molar-refractivity contribution in [2.75, 3.05) is 0 Å². The van der Waals surface area contributed by atoms with Crippen molar-refractivity contribution in [1.82, 2.24) is 15.5 Å². The number of aromatic amines is 1. The molecule has 7 nitrogen and oxygen atoms in total. The average Bonchev–Trinajstić information content (AvgIpc) is 2.90. The molecule has 1 amide bonds. The highest BCUT2D eigenvalue weighted by Crippen LogP contribution is 2.17. The van der Waals surface area contributed by atoms with Crippen molar-refractivity contribution >= 4 is 11.6 Å². The van der Waals surface area contributed by atoms with Gasteiger partial charge in [-0.2, -0.15) is 5.10 Å². The lowest BCUT2D eigenvalue weighted by Crippen LogP contribution is -2.22. The van der Waals surface area contributed by atoms with Gasteiger partial charge in [0.15, 0.2) is 0 Å². The number of aromatic nitrogens is 2. The van der Waals surface area contributed by atoms with Gasteiger partial charge in [-0.1, -0.05) is 18.2 Å². The molecule has 2 rings (SSSR count). The fraction of sp³-hybridized carbons (Fsp3) is 0.0909. The van der Waals surface area contributed by atoms with E-state index in [4.69, 9.17) is 0 Å². The number of carbonyl (C=O) groups is 1. The monoisotopic (exact) mass is 246 g/mol. The molecule has 2 N–H and O–H groups in total. The maximum atomic E-state index is 11.6. The third kappa shape index (κ3) is 2.51. The molecule has 0 saturated carbocycles. The Balaban J connectivity index is 2.07. The van der Waals surface area contributed by atoms with E-state index in [1.54, 1.807) is 18.2 Å². The predicted octanol–water partition coefficient (Wildman–Crippen LogP) is 1.25. The Morgan fingerprint density at radius 3 is 2.89 bits per heavy atom. The summed E-state index contributed by atoms with van der Waals surface area (Å²) in [5.41, 5.74) is 0.831. The Labute approximate surface area is 102 Å². The number of H-pyrrole nitrogens is 1. The summed E-state index contributed by atoms with van der Waals surface area (Å²) in [6, 6.07) is 6.28. The van der Waals surface area contributed by atoms with Crippen LogP contribution in [-0.2, 0) is 6.54 Å². The number of hydrogen-bond donors (Lipinski definition) is 2. The molecule has 0 spiro atoms. The van der Waals surface area contributed by atoms with E-state index in [2.05, 4.69) is 15.5 Å². The van der Waals surface area contributed by atoms with Crippen LogP contribution in [0.2, 0.25) is 0 Å². The second kappa shape index (κ2) is 5.09. The molecular formula is C11H10N4O3. The first-order valence-electron chi connectivity index (χ1n) is 5.18. The second-order valence-electron chi connectivity index (χ2n) is 3.56. The van der Waals surface area contributed by atoms with E-state index in [1.165, 1.54) is 18.5 Å². The highest BCUT2D eigenvalue weighted by molar-refractivity contribution is 5.93. The highest BCUT2D eigenvalue weighted by atomic mass is 16.6. The van der Waals surface area contributed by atoms with E-state index in [0.29, 0.717) is 11.1 Å². The molecule has 0 aliphatic heterocycles. The number of amides is 1. The van der Waals surface area contributed by atoms with E-state index in [-0.39, 0.29) is 18.1 Å². The molecule has 1 aromatic heterocycles. The second-order valence-corrected chi connectivity index (χ2v) is 3.56. The van der Waals surface area contributed by atoms with Gasteiger partial charge in [-0.25, -0.2) is 0 Å². The first kappa shape index (κ1) is 11.8. The Hall–Kier alpha value is -2.70. The summed E-state index contributed by atoms with van der Waals surface area (Å²) < 4.78 is 0. The van der Waals surface area contributed by atoms with Gasteiger partial charge in [-0.3, -0.25) is 20.0 Å². The summed E-state index contributed by atoms with van der Waals surface area (Å²) in [4.78, 5) is 21.9. The molecule has 0 aliphatic rings. The van der Waals surface area contributed by atoms with Gasteiger partial charge >= 0.3 is 0 Å². The van der Waals surface area contributed by atoms with Gasteiger partial charge < -0.3 is 5.32 Å². The standard InChI is InChI=1S/C11H10N4O3/c16-11(9-6-13-14-7-9)12-5-8-3-1-2-4-10(8)15(17)18/h1-4,6-7H,5H2,(H,12,16)(H,13,14). The van der Waals surface area contributed by atoms with Crippen LogP contribution in [0.5, 0.6) is 0 Å². The first-order valence-corrected chi connectivity index (χ1v) is 5.18. The lowest BCUT2D eigenvalue weighted by molar-refractivity contribution is -0.385. The summed E-state index contributed by atoms with van der Waals surface area (Å²) in [6.07, 6.45) is 2.84. The Morgan fingerprint density at radius 2 is 2.22 bits per heavy atom. The quantitative estimate of drug-likeness (QED) is 0.626. The summed E-state index contributed by atoms with van der Waals surface area (Å²) in [5.74, 6) is -0.332. The van der Waals surface area contributed by atoms with Crippen LogP contribution < -0.4 is 5.32 Å². The molecule has 1 heterocycles. The van der Waals surface area contributed by atoms with E-state index in [0.717, 1.165) is 0 Å². The molecule has 1 aromatic carbocycles. The number of nitrogens with one attached hydrogen (secondary N) is 2. The Kier molecular flexibility index (Phi) is 3.33. The maximum absolute atomic E-state index is 11.6. The number of carbonyl (C=O) groups excluding carboxylic acids is 1. The molecule has 2 aromatic rings. The van der Waals surface area contributed by atoms with Crippen LogP contribution in [0, 0.1) is 10.1 Å². The molecule has 7 heteroatoms. The van der Waals surface area contributed by atoms with Crippen molar-refractivity contribution in [1.29, 1.82) is 0 Å². The fourth-order valence-electron chi connectivity index (χ4n) is 1.49. The largest absolute Gasteiger partial charge is 0.348 e. The molecule has 0 saturated heterocycles. The number of benzene rings is 1. The molecule has 0 fully saturated rings. The van der Waals surface area contributed by atoms with E-state index < -0.39 is 4.92 Å². The van der Waals surface area contributed by atoms with Crippen molar-refractivity contribution < 1.29 is 9.72 Å². The van der Waals surface area contributed by atoms with Crippen LogP contribution in [0.25, 0.3) is 0 Å². The van der Waals surface area contributed by atoms with Gasteiger partial charge in [0.25, 0.3) is 11.6 Å². The number of rotatable bonds is 4. The molecule has 0 unspecified atom stereocenters. The van der Waals surface area contributed by atoms with Crippen LogP contribution in [0.3, 0.4) is 0 Å². The van der Waals surface area contributed by atoms with Crippen molar-refractivity contribution in [2.24, 2.45) is 0 Å². The van der Waals surface area contributed by atoms with Gasteiger partial charge in [0, 0.05) is 24.4 Å². The first-order chi connectivity index (χ1) is 8.68. The van der Waals surface area contributed by atoms with E-state index in [9.17, 15) is 14.9 Å². The van der Waals surface area contributed by atoms with Crippen LogP contribution in [0.4, 0.5) is 5.69 Å². The number of hydrogen-bond acceptors (Lipinski definition) is 4. The normalized spacial score (nSPS) is 10.0. The molecule has 18 heavy (non-hydrogen) atoms. The topological polar surface area (TPSA) is 101 Å². The Bertz CT molecular complexity index is 565. The van der Waals surface area contributed by atoms with Gasteiger partial charge in [0.05, 0.1) is 16.7 Å². The zero-order chi connectivity index (χ0) is 13.0. The van der Waals surface area contributed by atoms with E-state index >= 15 is 0 Å². The van der Waals surface area contributed by atoms with Gasteiger partial charge in [0.1, 0.15) is 0 Å². The SMILES string of the molecule is O=C(NCc1ccccc1[N+](=O)[O-])c1cn[nH]c1. The van der Waals surface area contributed by atoms with Crippen LogP contribution in [0.15, 0.2) is 36.7 Å². The third-order valence-electron chi connectivity index (χ3n) is 2.39. The molecule has 0 aliphatic carbocycles. The number of para-hydroxylation sites is 1. The smallest absolute Gasteiger partial charge is 0.274 e. The number of nitro benzene ring substituents is 1. The fourth-order valence-corrected chi connectivity index (χ4v) is 1.49. The van der Waals surface area contributed by atoms with Gasteiger partial charge in [-0.05, 0) is 0 Å². The number of nitro groups is 1. The molecular weight excluding hydrogens is 236 g/mol. The van der Waals surface area contributed by atoms with Crippen LogP contribution >= 0.6 is 0 Å². The summed E-state index contributed by atoms with van der Waals surface area (Å²) in [6.45, 7) is 0.0984. The van der Waals surface area contributed by atoms with Crippen molar-refractivity contribution in [3.8, 4) is 0 Å². The van der Waals surface area contributed by atoms with Crippen molar-refractivity contribution in [2.45, 2.75) is 6.54 Å². The minimum atomic E-state index is -0.473. The highest BCUT2D eigenvalue weighted by Gasteiger charge is 2.13. The van der Waals surface area contributed by atoms with E-state index in [1.807, 2.05) is 0 Å². The zero-order valence-electron chi connectivity index (χ0n) is 9.29. The summed E-state index contributed by atoms with van der Waals surface area (Å²) >= 11 is 0. The average molecular weight is 246 g/mol. The minimum Gasteiger partial charge on any atom is -0.348 e. The lowest BCUT2D eigenvalue weighted by atomic mass is 10.2. The van der Waals surface area contributed by atoms with Crippen molar-refractivity contribution in [3.05, 3.63) is 57.9 Å². The number of nitrogens with zero attached hydrogens (tertiary/aromatic N) is 2. The molecule has 0 atom stereocenters. The molecule has 0 radical (unpaired) electrons. The van der Waals surface area contributed by atoms with Crippen molar-refractivity contribution in [3.63, 3.8) is 0 Å². The minimum absolute atomic E-state index is 0.00927. The van der Waals surface area contributed by atoms with Crippen LogP contribution in [0.1, 0.15) is 15.9 Å².